The number of allylic oxidation sites excluding steroid dienone is 4. The topological polar surface area (TPSA) is 0 Å². The SMILES string of the molecule is CC(C)(C)CC1=C(CCC2=C(CC(C)(C)C)C3c4ccccc4C2c2ccccc23)C2c3ccccc3C1c1ccccc12. The summed E-state index contributed by atoms with van der Waals surface area (Å²) in [5, 5.41) is 0. The molecular weight excluding hydrogens is 528 g/mol. The van der Waals surface area contributed by atoms with Crippen molar-refractivity contribution in [2.45, 2.75) is 90.9 Å². The van der Waals surface area contributed by atoms with Crippen LogP contribution in [0.3, 0.4) is 0 Å². The van der Waals surface area contributed by atoms with Crippen LogP contribution in [0.25, 0.3) is 0 Å². The quantitative estimate of drug-likeness (QED) is 0.208. The second-order valence-electron chi connectivity index (χ2n) is 16.3. The Morgan fingerprint density at radius 1 is 0.341 bits per heavy atom. The highest BCUT2D eigenvalue weighted by Gasteiger charge is 2.45. The van der Waals surface area contributed by atoms with Crippen molar-refractivity contribution in [1.82, 2.24) is 0 Å². The minimum atomic E-state index is 0.237. The molecule has 0 radical (unpaired) electrons. The normalized spacial score (nSPS) is 23.0. The molecule has 0 heteroatoms. The van der Waals surface area contributed by atoms with Crippen molar-refractivity contribution in [3.05, 3.63) is 164 Å². The van der Waals surface area contributed by atoms with Crippen molar-refractivity contribution in [3.8, 4) is 0 Å². The van der Waals surface area contributed by atoms with Crippen molar-refractivity contribution >= 4 is 0 Å². The smallest absolute Gasteiger partial charge is 0.0308 e. The molecule has 0 fully saturated rings. The van der Waals surface area contributed by atoms with E-state index in [1.54, 1.807) is 66.8 Å². The molecule has 44 heavy (non-hydrogen) atoms. The highest BCUT2D eigenvalue weighted by Crippen LogP contribution is 2.61. The van der Waals surface area contributed by atoms with Gasteiger partial charge in [-0.3, -0.25) is 0 Å². The minimum Gasteiger partial charge on any atom is -0.0619 e. The third-order valence-electron chi connectivity index (χ3n) is 10.8. The fraction of sp³-hybridized carbons (Fsp3) is 0.364. The van der Waals surface area contributed by atoms with Crippen LogP contribution in [0.4, 0.5) is 0 Å². The number of hydrogen-bond donors (Lipinski definition) is 0. The Bertz CT molecular complexity index is 1610. The average Bonchev–Trinajstić information content (AvgIpc) is 2.99. The van der Waals surface area contributed by atoms with E-state index in [4.69, 9.17) is 0 Å². The monoisotopic (exact) mass is 574 g/mol. The zero-order valence-electron chi connectivity index (χ0n) is 27.4. The van der Waals surface area contributed by atoms with E-state index in [2.05, 4.69) is 139 Å². The van der Waals surface area contributed by atoms with E-state index in [0.29, 0.717) is 23.7 Å². The van der Waals surface area contributed by atoms with Crippen molar-refractivity contribution in [2.75, 3.05) is 0 Å². The van der Waals surface area contributed by atoms with Crippen molar-refractivity contribution < 1.29 is 0 Å². The Morgan fingerprint density at radius 2 is 0.545 bits per heavy atom. The lowest BCUT2D eigenvalue weighted by Crippen LogP contribution is -2.31. The van der Waals surface area contributed by atoms with Gasteiger partial charge in [0.2, 0.25) is 0 Å². The molecule has 222 valence electrons. The van der Waals surface area contributed by atoms with Gasteiger partial charge >= 0.3 is 0 Å². The molecule has 6 aliphatic carbocycles. The summed E-state index contributed by atoms with van der Waals surface area (Å²) in [4.78, 5) is 0. The lowest BCUT2D eigenvalue weighted by Gasteiger charge is -2.47. The van der Waals surface area contributed by atoms with Gasteiger partial charge in [-0.15, -0.1) is 0 Å². The van der Waals surface area contributed by atoms with Gasteiger partial charge in [0.15, 0.2) is 0 Å². The third kappa shape index (κ3) is 4.32. The molecule has 4 aromatic carbocycles. The van der Waals surface area contributed by atoms with E-state index in [9.17, 15) is 0 Å². The first-order valence-corrected chi connectivity index (χ1v) is 16.9. The first kappa shape index (κ1) is 27.9. The molecule has 0 amide bonds. The molecule has 0 aliphatic heterocycles. The Labute approximate surface area is 264 Å². The first-order valence-electron chi connectivity index (χ1n) is 16.9. The largest absolute Gasteiger partial charge is 0.0619 e. The van der Waals surface area contributed by atoms with Crippen LogP contribution in [-0.2, 0) is 0 Å². The maximum absolute atomic E-state index is 2.43. The lowest BCUT2D eigenvalue weighted by atomic mass is 9.56. The van der Waals surface area contributed by atoms with Crippen LogP contribution in [0.1, 0.15) is 135 Å². The molecular formula is C44H46. The van der Waals surface area contributed by atoms with Gasteiger partial charge in [0, 0.05) is 23.7 Å². The van der Waals surface area contributed by atoms with Crippen molar-refractivity contribution in [3.63, 3.8) is 0 Å². The van der Waals surface area contributed by atoms with E-state index in [-0.39, 0.29) is 10.8 Å². The molecule has 0 N–H and O–H groups in total. The van der Waals surface area contributed by atoms with Gasteiger partial charge < -0.3 is 0 Å². The summed E-state index contributed by atoms with van der Waals surface area (Å²) in [5.74, 6) is 1.51. The Morgan fingerprint density at radius 3 is 0.750 bits per heavy atom. The van der Waals surface area contributed by atoms with Gasteiger partial charge in [-0.1, -0.05) is 161 Å². The van der Waals surface area contributed by atoms with Gasteiger partial charge in [-0.2, -0.15) is 0 Å². The maximum Gasteiger partial charge on any atom is 0.0308 e. The van der Waals surface area contributed by atoms with Gasteiger partial charge in [-0.05, 0) is 81.0 Å². The molecule has 0 heterocycles. The standard InChI is InChI=1S/C44H46/c1-43(2,3)25-37-35(39-27-15-7-11-19-31(27)41(37)32-20-12-8-16-28(32)39)23-24-36-38(26-44(4,5)6)42-33-21-13-9-17-29(33)40(36)30-18-10-14-22-34(30)42/h7-22,39-42H,23-26H2,1-6H3. The molecule has 10 rings (SSSR count). The maximum atomic E-state index is 2.43. The molecule has 0 aromatic heterocycles. The second-order valence-corrected chi connectivity index (χ2v) is 16.3. The molecule has 0 saturated carbocycles. The first-order chi connectivity index (χ1) is 21.1. The average molecular weight is 575 g/mol. The van der Waals surface area contributed by atoms with Crippen LogP contribution >= 0.6 is 0 Å². The van der Waals surface area contributed by atoms with E-state index in [1.807, 2.05) is 0 Å². The minimum absolute atomic E-state index is 0.237. The van der Waals surface area contributed by atoms with E-state index in [0.717, 1.165) is 25.7 Å². The highest BCUT2D eigenvalue weighted by atomic mass is 14.5. The summed E-state index contributed by atoms with van der Waals surface area (Å²) >= 11 is 0. The Kier molecular flexibility index (Phi) is 6.29. The summed E-state index contributed by atoms with van der Waals surface area (Å²) in [6.45, 7) is 14.6. The molecule has 4 aromatic rings. The zero-order chi connectivity index (χ0) is 30.4. The van der Waals surface area contributed by atoms with Crippen molar-refractivity contribution in [1.29, 1.82) is 0 Å². The summed E-state index contributed by atoms with van der Waals surface area (Å²) < 4.78 is 0. The van der Waals surface area contributed by atoms with Crippen LogP contribution in [0.15, 0.2) is 119 Å². The molecule has 0 spiro atoms. The Hall–Kier alpha value is -3.64. The third-order valence-corrected chi connectivity index (χ3v) is 10.8. The van der Waals surface area contributed by atoms with Gasteiger partial charge in [0.05, 0.1) is 0 Å². The van der Waals surface area contributed by atoms with E-state index < -0.39 is 0 Å². The Balaban J connectivity index is 1.28. The van der Waals surface area contributed by atoms with Crippen LogP contribution in [-0.4, -0.2) is 0 Å². The van der Waals surface area contributed by atoms with Crippen LogP contribution in [0, 0.1) is 10.8 Å². The van der Waals surface area contributed by atoms with Crippen LogP contribution in [0.2, 0.25) is 0 Å². The van der Waals surface area contributed by atoms with E-state index in [1.165, 1.54) is 0 Å². The fourth-order valence-corrected chi connectivity index (χ4v) is 9.51. The summed E-state index contributed by atoms with van der Waals surface area (Å²) in [6.07, 6.45) is 4.59. The molecule has 0 atom stereocenters. The van der Waals surface area contributed by atoms with Gasteiger partial charge in [-0.25, -0.2) is 0 Å². The summed E-state index contributed by atoms with van der Waals surface area (Å²) in [6, 6.07) is 37.5. The molecule has 0 nitrogen and oxygen atoms in total. The van der Waals surface area contributed by atoms with Crippen LogP contribution in [0.5, 0.6) is 0 Å². The molecule has 6 aliphatic rings. The molecule has 0 saturated heterocycles. The number of benzene rings is 4. The molecule has 0 unspecified atom stereocenters. The predicted molar refractivity (Wildman–Crippen MR) is 185 cm³/mol. The second kappa shape index (κ2) is 9.93. The van der Waals surface area contributed by atoms with Gasteiger partial charge in [0.1, 0.15) is 0 Å². The van der Waals surface area contributed by atoms with Crippen molar-refractivity contribution in [2.24, 2.45) is 10.8 Å². The van der Waals surface area contributed by atoms with Gasteiger partial charge in [0.25, 0.3) is 0 Å². The summed E-state index contributed by atoms with van der Waals surface area (Å²) in [5.41, 5.74) is 19.7. The number of hydrogen-bond acceptors (Lipinski definition) is 0. The summed E-state index contributed by atoms with van der Waals surface area (Å²) in [7, 11) is 0. The highest BCUT2D eigenvalue weighted by molar-refractivity contribution is 5.68. The number of rotatable bonds is 5. The zero-order valence-corrected chi connectivity index (χ0v) is 27.4. The molecule has 4 bridgehead atoms. The lowest BCUT2D eigenvalue weighted by molar-refractivity contribution is 0.391. The van der Waals surface area contributed by atoms with E-state index >= 15 is 0 Å². The predicted octanol–water partition coefficient (Wildman–Crippen LogP) is 11.8. The van der Waals surface area contributed by atoms with Crippen LogP contribution < -0.4 is 0 Å². The fourth-order valence-electron chi connectivity index (χ4n) is 9.51.